The monoisotopic (exact) mass is 343 g/mol. The van der Waals surface area contributed by atoms with E-state index in [4.69, 9.17) is 9.63 Å². The maximum absolute atomic E-state index is 12.5. The van der Waals surface area contributed by atoms with Crippen LogP contribution in [-0.2, 0) is 11.2 Å². The minimum absolute atomic E-state index is 0.100. The number of aromatic nitrogens is 2. The topological polar surface area (TPSA) is 96.5 Å². The second-order valence-electron chi connectivity index (χ2n) is 6.36. The zero-order valence-electron chi connectivity index (χ0n) is 14.1. The van der Waals surface area contributed by atoms with Gasteiger partial charge in [-0.2, -0.15) is 4.98 Å². The summed E-state index contributed by atoms with van der Waals surface area (Å²) in [7, 11) is 0. The Balaban J connectivity index is 1.54. The van der Waals surface area contributed by atoms with Gasteiger partial charge in [-0.05, 0) is 43.9 Å². The SMILES string of the molecule is Cc1noc([C@@H]2CCCN(C(=O)CCc3ccc(C(=O)O)cc3)C2)n1. The van der Waals surface area contributed by atoms with Crippen molar-refractivity contribution in [3.8, 4) is 0 Å². The highest BCUT2D eigenvalue weighted by Gasteiger charge is 2.28. The van der Waals surface area contributed by atoms with E-state index in [0.717, 1.165) is 24.9 Å². The molecule has 0 unspecified atom stereocenters. The molecule has 1 saturated heterocycles. The summed E-state index contributed by atoms with van der Waals surface area (Å²) in [5, 5.41) is 12.7. The number of piperidine rings is 1. The highest BCUT2D eigenvalue weighted by Crippen LogP contribution is 2.26. The molecule has 0 radical (unpaired) electrons. The Morgan fingerprint density at radius 3 is 2.72 bits per heavy atom. The third kappa shape index (κ3) is 4.23. The van der Waals surface area contributed by atoms with Crippen molar-refractivity contribution in [3.63, 3.8) is 0 Å². The molecule has 1 fully saturated rings. The average molecular weight is 343 g/mol. The number of benzene rings is 1. The molecule has 1 aliphatic heterocycles. The third-order valence-electron chi connectivity index (χ3n) is 4.50. The first-order chi connectivity index (χ1) is 12.0. The van der Waals surface area contributed by atoms with Crippen LogP contribution >= 0.6 is 0 Å². The van der Waals surface area contributed by atoms with Crippen molar-refractivity contribution in [2.75, 3.05) is 13.1 Å². The highest BCUT2D eigenvalue weighted by molar-refractivity contribution is 5.87. The van der Waals surface area contributed by atoms with Gasteiger partial charge in [0.15, 0.2) is 5.82 Å². The molecule has 7 heteroatoms. The maximum atomic E-state index is 12.5. The largest absolute Gasteiger partial charge is 0.478 e. The standard InChI is InChI=1S/C18H21N3O4/c1-12-19-17(25-20-12)15-3-2-10-21(11-15)16(22)9-6-13-4-7-14(8-5-13)18(23)24/h4-5,7-8,15H,2-3,6,9-11H2,1H3,(H,23,24)/t15-/m1/s1. The van der Waals surface area contributed by atoms with Crippen LogP contribution in [-0.4, -0.2) is 45.1 Å². The van der Waals surface area contributed by atoms with Crippen molar-refractivity contribution in [2.45, 2.75) is 38.5 Å². The number of aromatic carboxylic acids is 1. The molecule has 3 rings (SSSR count). The number of amides is 1. The summed E-state index contributed by atoms with van der Waals surface area (Å²) in [6.45, 7) is 3.15. The van der Waals surface area contributed by atoms with Gasteiger partial charge in [0.2, 0.25) is 11.8 Å². The van der Waals surface area contributed by atoms with E-state index in [1.54, 1.807) is 31.2 Å². The predicted octanol–water partition coefficient (Wildman–Crippen LogP) is 2.42. The molecule has 1 atom stereocenters. The van der Waals surface area contributed by atoms with Gasteiger partial charge in [-0.15, -0.1) is 0 Å². The van der Waals surface area contributed by atoms with Gasteiger partial charge in [0.25, 0.3) is 0 Å². The van der Waals surface area contributed by atoms with Gasteiger partial charge in [0, 0.05) is 19.5 Å². The van der Waals surface area contributed by atoms with Gasteiger partial charge in [-0.25, -0.2) is 4.79 Å². The van der Waals surface area contributed by atoms with Crippen molar-refractivity contribution in [3.05, 3.63) is 47.1 Å². The summed E-state index contributed by atoms with van der Waals surface area (Å²) in [4.78, 5) is 29.5. The summed E-state index contributed by atoms with van der Waals surface area (Å²) in [6.07, 6.45) is 2.87. The molecular weight excluding hydrogens is 322 g/mol. The van der Waals surface area contributed by atoms with Crippen LogP contribution in [0.2, 0.25) is 0 Å². The number of carboxylic acid groups (broad SMARTS) is 1. The lowest BCUT2D eigenvalue weighted by molar-refractivity contribution is -0.132. The first kappa shape index (κ1) is 17.1. The number of rotatable bonds is 5. The maximum Gasteiger partial charge on any atom is 0.335 e. The Hall–Kier alpha value is -2.70. The van der Waals surface area contributed by atoms with Crippen molar-refractivity contribution < 1.29 is 19.2 Å². The third-order valence-corrected chi connectivity index (χ3v) is 4.50. The first-order valence-corrected chi connectivity index (χ1v) is 8.43. The van der Waals surface area contributed by atoms with Gasteiger partial charge >= 0.3 is 5.97 Å². The lowest BCUT2D eigenvalue weighted by Crippen LogP contribution is -2.39. The molecule has 0 aliphatic carbocycles. The normalized spacial score (nSPS) is 17.5. The van der Waals surface area contributed by atoms with E-state index >= 15 is 0 Å². The molecule has 132 valence electrons. The molecule has 7 nitrogen and oxygen atoms in total. The summed E-state index contributed by atoms with van der Waals surface area (Å²) in [5.74, 6) is 0.484. The fraction of sp³-hybridized carbons (Fsp3) is 0.444. The van der Waals surface area contributed by atoms with E-state index in [9.17, 15) is 9.59 Å². The van der Waals surface area contributed by atoms with Crippen LogP contribution in [0, 0.1) is 6.92 Å². The lowest BCUT2D eigenvalue weighted by Gasteiger charge is -2.31. The molecular formula is C18H21N3O4. The van der Waals surface area contributed by atoms with Crippen LogP contribution in [0.4, 0.5) is 0 Å². The molecule has 1 aliphatic rings. The van der Waals surface area contributed by atoms with Crippen LogP contribution in [0.5, 0.6) is 0 Å². The quantitative estimate of drug-likeness (QED) is 0.895. The van der Waals surface area contributed by atoms with E-state index in [-0.39, 0.29) is 17.4 Å². The van der Waals surface area contributed by atoms with Gasteiger partial charge in [0.1, 0.15) is 0 Å². The molecule has 1 amide bonds. The average Bonchev–Trinajstić information content (AvgIpc) is 3.06. The molecule has 2 aromatic rings. The van der Waals surface area contributed by atoms with Gasteiger partial charge in [-0.1, -0.05) is 17.3 Å². The number of likely N-dealkylation sites (tertiary alicyclic amines) is 1. The Bertz CT molecular complexity index is 754. The smallest absolute Gasteiger partial charge is 0.335 e. The number of hydrogen-bond acceptors (Lipinski definition) is 5. The molecule has 1 aromatic heterocycles. The number of nitrogens with zero attached hydrogens (tertiary/aromatic N) is 3. The zero-order chi connectivity index (χ0) is 17.8. The van der Waals surface area contributed by atoms with Crippen LogP contribution in [0.1, 0.15) is 52.8 Å². The van der Waals surface area contributed by atoms with Crippen LogP contribution in [0.25, 0.3) is 0 Å². The molecule has 2 heterocycles. The lowest BCUT2D eigenvalue weighted by atomic mass is 9.97. The highest BCUT2D eigenvalue weighted by atomic mass is 16.5. The van der Waals surface area contributed by atoms with Crippen LogP contribution in [0.15, 0.2) is 28.8 Å². The summed E-state index contributed by atoms with van der Waals surface area (Å²) in [5.41, 5.74) is 1.21. The predicted molar refractivity (Wildman–Crippen MR) is 89.3 cm³/mol. The Kier molecular flexibility index (Phi) is 5.11. The second-order valence-corrected chi connectivity index (χ2v) is 6.36. The number of carbonyl (C=O) groups is 2. The van der Waals surface area contributed by atoms with E-state index in [2.05, 4.69) is 10.1 Å². The van der Waals surface area contributed by atoms with Gasteiger partial charge in [0.05, 0.1) is 11.5 Å². The summed E-state index contributed by atoms with van der Waals surface area (Å²) >= 11 is 0. The number of aryl methyl sites for hydroxylation is 2. The fourth-order valence-corrected chi connectivity index (χ4v) is 3.11. The van der Waals surface area contributed by atoms with Crippen LogP contribution in [0.3, 0.4) is 0 Å². The molecule has 0 saturated carbocycles. The van der Waals surface area contributed by atoms with Crippen LogP contribution < -0.4 is 0 Å². The molecule has 25 heavy (non-hydrogen) atoms. The van der Waals surface area contributed by atoms with Crippen molar-refractivity contribution in [1.82, 2.24) is 15.0 Å². The number of hydrogen-bond donors (Lipinski definition) is 1. The summed E-state index contributed by atoms with van der Waals surface area (Å²) < 4.78 is 5.24. The second kappa shape index (κ2) is 7.46. The van der Waals surface area contributed by atoms with Crippen molar-refractivity contribution in [2.24, 2.45) is 0 Å². The van der Waals surface area contributed by atoms with Gasteiger partial charge < -0.3 is 14.5 Å². The Labute approximate surface area is 145 Å². The van der Waals surface area contributed by atoms with Gasteiger partial charge in [-0.3, -0.25) is 4.79 Å². The molecule has 1 N–H and O–H groups in total. The Morgan fingerprint density at radius 1 is 1.32 bits per heavy atom. The number of carboxylic acids is 1. The van der Waals surface area contributed by atoms with E-state index in [1.807, 2.05) is 4.90 Å². The van der Waals surface area contributed by atoms with Crippen molar-refractivity contribution >= 4 is 11.9 Å². The minimum atomic E-state index is -0.946. The Morgan fingerprint density at radius 2 is 2.08 bits per heavy atom. The molecule has 0 spiro atoms. The van der Waals surface area contributed by atoms with E-state index < -0.39 is 5.97 Å². The van der Waals surface area contributed by atoms with E-state index in [0.29, 0.717) is 31.1 Å². The number of carbonyl (C=O) groups excluding carboxylic acids is 1. The summed E-state index contributed by atoms with van der Waals surface area (Å²) in [6, 6.07) is 6.65. The minimum Gasteiger partial charge on any atom is -0.478 e. The molecule has 0 bridgehead atoms. The zero-order valence-corrected chi connectivity index (χ0v) is 14.1. The van der Waals surface area contributed by atoms with Crippen molar-refractivity contribution in [1.29, 1.82) is 0 Å². The molecule has 1 aromatic carbocycles. The van der Waals surface area contributed by atoms with E-state index in [1.165, 1.54) is 0 Å². The fourth-order valence-electron chi connectivity index (χ4n) is 3.11. The first-order valence-electron chi connectivity index (χ1n) is 8.43.